The average molecular weight is 419 g/mol. The van der Waals surface area contributed by atoms with Gasteiger partial charge >= 0.3 is 0 Å². The number of ether oxygens (including phenoxy) is 1. The smallest absolute Gasteiger partial charge is 0.163 e. The minimum atomic E-state index is 0.417. The topological polar surface area (TPSA) is 51.5 Å². The number of halogens is 1. The van der Waals surface area contributed by atoms with Crippen LogP contribution in [0.25, 0.3) is 28.0 Å². The van der Waals surface area contributed by atoms with Gasteiger partial charge in [-0.05, 0) is 55.3 Å². The number of aromatic nitrogens is 3. The first kappa shape index (κ1) is 19.1. The molecule has 2 aromatic carbocycles. The molecule has 1 atom stereocenters. The van der Waals surface area contributed by atoms with Gasteiger partial charge in [-0.2, -0.15) is 5.10 Å². The molecule has 6 heteroatoms. The van der Waals surface area contributed by atoms with Gasteiger partial charge in [0.1, 0.15) is 11.4 Å². The number of rotatable bonds is 4. The SMILES string of the molecule is COc1ccc(-c2c(-c3cccc(Cl)c3)nn3c(C4CCCNC4)ccnc23)cc1. The number of benzene rings is 2. The van der Waals surface area contributed by atoms with Crippen LogP contribution >= 0.6 is 11.6 Å². The van der Waals surface area contributed by atoms with Gasteiger partial charge in [-0.1, -0.05) is 35.9 Å². The maximum absolute atomic E-state index is 6.31. The molecule has 0 amide bonds. The van der Waals surface area contributed by atoms with Gasteiger partial charge in [0, 0.05) is 29.2 Å². The third kappa shape index (κ3) is 3.44. The van der Waals surface area contributed by atoms with Gasteiger partial charge in [0.25, 0.3) is 0 Å². The predicted molar refractivity (Wildman–Crippen MR) is 120 cm³/mol. The van der Waals surface area contributed by atoms with Crippen LogP contribution in [0.15, 0.2) is 60.8 Å². The normalized spacial score (nSPS) is 16.7. The third-order valence-electron chi connectivity index (χ3n) is 5.74. The summed E-state index contributed by atoms with van der Waals surface area (Å²) in [5.41, 5.74) is 5.96. The Labute approximate surface area is 180 Å². The average Bonchev–Trinajstić information content (AvgIpc) is 3.19. The largest absolute Gasteiger partial charge is 0.497 e. The number of nitrogens with one attached hydrogen (secondary N) is 1. The van der Waals surface area contributed by atoms with Crippen LogP contribution in [0.3, 0.4) is 0 Å². The van der Waals surface area contributed by atoms with Gasteiger partial charge in [0.2, 0.25) is 0 Å². The van der Waals surface area contributed by atoms with Crippen LogP contribution in [0.1, 0.15) is 24.5 Å². The minimum absolute atomic E-state index is 0.417. The molecule has 0 aliphatic carbocycles. The molecule has 2 aromatic heterocycles. The van der Waals surface area contributed by atoms with E-state index in [2.05, 4.69) is 23.5 Å². The van der Waals surface area contributed by atoms with Crippen LogP contribution < -0.4 is 10.1 Å². The summed E-state index contributed by atoms with van der Waals surface area (Å²) in [5.74, 6) is 1.24. The highest BCUT2D eigenvalue weighted by Crippen LogP contribution is 2.37. The summed E-state index contributed by atoms with van der Waals surface area (Å²) in [7, 11) is 1.67. The molecule has 3 heterocycles. The van der Waals surface area contributed by atoms with E-state index in [0.717, 1.165) is 53.3 Å². The Morgan fingerprint density at radius 2 is 1.97 bits per heavy atom. The molecule has 1 unspecified atom stereocenters. The van der Waals surface area contributed by atoms with Crippen LogP contribution in [0.2, 0.25) is 5.02 Å². The fraction of sp³-hybridized carbons (Fsp3) is 0.250. The molecule has 1 N–H and O–H groups in total. The standard InChI is InChI=1S/C24H23ClN4O/c1-30-20-9-7-16(8-10-20)22-23(17-4-2-6-19(25)14-17)28-29-21(11-13-27-24(22)29)18-5-3-12-26-15-18/h2,4,6-11,13-14,18,26H,3,5,12,15H2,1H3. The number of hydrogen-bond donors (Lipinski definition) is 1. The molecule has 0 spiro atoms. The van der Waals surface area contributed by atoms with Crippen LogP contribution in [-0.2, 0) is 0 Å². The highest BCUT2D eigenvalue weighted by molar-refractivity contribution is 6.30. The number of piperidine rings is 1. The lowest BCUT2D eigenvalue weighted by Crippen LogP contribution is -2.29. The van der Waals surface area contributed by atoms with Crippen molar-refractivity contribution < 1.29 is 4.74 Å². The third-order valence-corrected chi connectivity index (χ3v) is 5.97. The summed E-state index contributed by atoms with van der Waals surface area (Å²) < 4.78 is 7.36. The van der Waals surface area contributed by atoms with E-state index in [1.165, 1.54) is 12.1 Å². The highest BCUT2D eigenvalue weighted by atomic mass is 35.5. The maximum atomic E-state index is 6.31. The van der Waals surface area contributed by atoms with Crippen LogP contribution in [0, 0.1) is 0 Å². The Hall–Kier alpha value is -2.89. The highest BCUT2D eigenvalue weighted by Gasteiger charge is 2.23. The van der Waals surface area contributed by atoms with E-state index >= 15 is 0 Å². The molecule has 1 aliphatic heterocycles. The van der Waals surface area contributed by atoms with Gasteiger partial charge < -0.3 is 10.1 Å². The van der Waals surface area contributed by atoms with E-state index in [1.54, 1.807) is 7.11 Å². The Kier molecular flexibility index (Phi) is 5.15. The molecule has 5 nitrogen and oxygen atoms in total. The van der Waals surface area contributed by atoms with Crippen molar-refractivity contribution in [1.29, 1.82) is 0 Å². The Balaban J connectivity index is 1.75. The zero-order valence-corrected chi connectivity index (χ0v) is 17.6. The monoisotopic (exact) mass is 418 g/mol. The van der Waals surface area contributed by atoms with Crippen molar-refractivity contribution in [1.82, 2.24) is 19.9 Å². The summed E-state index contributed by atoms with van der Waals surface area (Å²) in [5, 5.41) is 9.25. The Morgan fingerprint density at radius 1 is 1.10 bits per heavy atom. The van der Waals surface area contributed by atoms with Crippen molar-refractivity contribution in [3.63, 3.8) is 0 Å². The van der Waals surface area contributed by atoms with E-state index in [9.17, 15) is 0 Å². The van der Waals surface area contributed by atoms with E-state index in [-0.39, 0.29) is 0 Å². The van der Waals surface area contributed by atoms with Crippen LogP contribution in [-0.4, -0.2) is 34.8 Å². The molecule has 1 saturated heterocycles. The van der Waals surface area contributed by atoms with Crippen LogP contribution in [0.4, 0.5) is 0 Å². The number of fused-ring (bicyclic) bond motifs is 1. The Bertz CT molecular complexity index is 1180. The molecule has 0 saturated carbocycles. The quantitative estimate of drug-likeness (QED) is 0.495. The van der Waals surface area contributed by atoms with E-state index in [0.29, 0.717) is 10.9 Å². The van der Waals surface area contributed by atoms with E-state index < -0.39 is 0 Å². The first-order valence-corrected chi connectivity index (χ1v) is 10.6. The van der Waals surface area contributed by atoms with Gasteiger partial charge in [-0.15, -0.1) is 0 Å². The molecule has 152 valence electrons. The summed E-state index contributed by atoms with van der Waals surface area (Å²) in [6.45, 7) is 2.04. The molecule has 1 aliphatic rings. The molecule has 0 radical (unpaired) electrons. The van der Waals surface area contributed by atoms with Crippen LogP contribution in [0.5, 0.6) is 5.75 Å². The number of hydrogen-bond acceptors (Lipinski definition) is 4. The lowest BCUT2D eigenvalue weighted by atomic mass is 9.96. The fourth-order valence-corrected chi connectivity index (χ4v) is 4.43. The number of nitrogens with zero attached hydrogens (tertiary/aromatic N) is 3. The summed E-state index contributed by atoms with van der Waals surface area (Å²) in [4.78, 5) is 4.74. The zero-order valence-electron chi connectivity index (χ0n) is 16.8. The number of methoxy groups -OCH3 is 1. The van der Waals surface area contributed by atoms with E-state index in [4.69, 9.17) is 26.4 Å². The van der Waals surface area contributed by atoms with Crippen molar-refractivity contribution in [2.75, 3.05) is 20.2 Å². The van der Waals surface area contributed by atoms with E-state index in [1.807, 2.05) is 47.1 Å². The predicted octanol–water partition coefficient (Wildman–Crippen LogP) is 5.19. The zero-order chi connectivity index (χ0) is 20.5. The minimum Gasteiger partial charge on any atom is -0.497 e. The van der Waals surface area contributed by atoms with Crippen molar-refractivity contribution in [2.24, 2.45) is 0 Å². The summed E-state index contributed by atoms with van der Waals surface area (Å²) in [6, 6.07) is 18.0. The van der Waals surface area contributed by atoms with Gasteiger partial charge in [-0.3, -0.25) is 0 Å². The molecular formula is C24H23ClN4O. The molecule has 0 bridgehead atoms. The maximum Gasteiger partial charge on any atom is 0.163 e. The van der Waals surface area contributed by atoms with Crippen molar-refractivity contribution >= 4 is 17.2 Å². The van der Waals surface area contributed by atoms with Gasteiger partial charge in [0.05, 0.1) is 18.4 Å². The lowest BCUT2D eigenvalue weighted by molar-refractivity contribution is 0.415. The first-order valence-electron chi connectivity index (χ1n) is 10.2. The fourth-order valence-electron chi connectivity index (χ4n) is 4.24. The summed E-state index contributed by atoms with van der Waals surface area (Å²) >= 11 is 6.31. The molecular weight excluding hydrogens is 396 g/mol. The molecule has 4 aromatic rings. The second-order valence-electron chi connectivity index (χ2n) is 7.61. The summed E-state index contributed by atoms with van der Waals surface area (Å²) in [6.07, 6.45) is 4.22. The second kappa shape index (κ2) is 8.09. The molecule has 30 heavy (non-hydrogen) atoms. The lowest BCUT2D eigenvalue weighted by Gasteiger charge is -2.23. The van der Waals surface area contributed by atoms with Crippen molar-refractivity contribution in [2.45, 2.75) is 18.8 Å². The first-order chi connectivity index (χ1) is 14.7. The second-order valence-corrected chi connectivity index (χ2v) is 8.05. The molecule has 1 fully saturated rings. The van der Waals surface area contributed by atoms with Crippen molar-refractivity contribution in [3.8, 4) is 28.1 Å². The molecule has 5 rings (SSSR count). The van der Waals surface area contributed by atoms with Crippen molar-refractivity contribution in [3.05, 3.63) is 71.5 Å². The Morgan fingerprint density at radius 3 is 2.70 bits per heavy atom. The van der Waals surface area contributed by atoms with Gasteiger partial charge in [0.15, 0.2) is 5.65 Å². The van der Waals surface area contributed by atoms with Gasteiger partial charge in [-0.25, -0.2) is 9.50 Å².